The second kappa shape index (κ2) is 12.4. The van der Waals surface area contributed by atoms with Crippen LogP contribution in [0.2, 0.25) is 5.02 Å². The summed E-state index contributed by atoms with van der Waals surface area (Å²) in [7, 11) is 1.49. The van der Waals surface area contributed by atoms with Crippen molar-refractivity contribution in [2.45, 2.75) is 38.8 Å². The Balaban J connectivity index is 1.46. The molecule has 39 heavy (non-hydrogen) atoms. The van der Waals surface area contributed by atoms with E-state index in [1.807, 2.05) is 26.0 Å². The first-order chi connectivity index (χ1) is 18.7. The van der Waals surface area contributed by atoms with Gasteiger partial charge in [-0.15, -0.1) is 0 Å². The van der Waals surface area contributed by atoms with Crippen LogP contribution in [-0.2, 0) is 9.53 Å². The van der Waals surface area contributed by atoms with Crippen molar-refractivity contribution in [3.8, 4) is 22.6 Å². The molecule has 9 nitrogen and oxygen atoms in total. The third-order valence-corrected chi connectivity index (χ3v) is 6.93. The predicted octanol–water partition coefficient (Wildman–Crippen LogP) is 5.28. The SMILES string of the molecule is COc1cc(N(C=N)C(=O)c2cc(-c3ccc(Cl)cc3)c[nH]2)ccc1OCC(OC(=O)[C@@H](N)C(C)C)C1CC1. The van der Waals surface area contributed by atoms with Gasteiger partial charge in [-0.05, 0) is 66.1 Å². The van der Waals surface area contributed by atoms with Gasteiger partial charge in [-0.3, -0.25) is 19.9 Å². The van der Waals surface area contributed by atoms with Crippen molar-refractivity contribution in [3.63, 3.8) is 0 Å². The smallest absolute Gasteiger partial charge is 0.323 e. The molecule has 3 aromatic rings. The van der Waals surface area contributed by atoms with Gasteiger partial charge in [-0.2, -0.15) is 0 Å². The molecule has 2 aromatic carbocycles. The van der Waals surface area contributed by atoms with E-state index in [1.54, 1.807) is 42.6 Å². The summed E-state index contributed by atoms with van der Waals surface area (Å²) in [5.41, 5.74) is 8.42. The molecule has 4 rings (SSSR count). The number of H-pyrrole nitrogens is 1. The summed E-state index contributed by atoms with van der Waals surface area (Å²) in [6.07, 6.45) is 4.19. The van der Waals surface area contributed by atoms with Crippen LogP contribution >= 0.6 is 11.6 Å². The number of hydrogen-bond acceptors (Lipinski definition) is 7. The van der Waals surface area contributed by atoms with Crippen LogP contribution in [0.1, 0.15) is 37.2 Å². The Bertz CT molecular complexity index is 1320. The lowest BCUT2D eigenvalue weighted by Gasteiger charge is -2.23. The number of nitrogens with zero attached hydrogens (tertiary/aromatic N) is 1. The van der Waals surface area contributed by atoms with E-state index in [-0.39, 0.29) is 18.4 Å². The average Bonchev–Trinajstić information content (AvgIpc) is 3.67. The molecule has 4 N–H and O–H groups in total. The van der Waals surface area contributed by atoms with Crippen LogP contribution in [0.5, 0.6) is 11.5 Å². The number of methoxy groups -OCH3 is 1. The molecule has 1 fully saturated rings. The number of ether oxygens (including phenoxy) is 3. The molecule has 1 unspecified atom stereocenters. The lowest BCUT2D eigenvalue weighted by molar-refractivity contribution is -0.154. The maximum Gasteiger partial charge on any atom is 0.323 e. The Morgan fingerprint density at radius 2 is 1.85 bits per heavy atom. The van der Waals surface area contributed by atoms with Crippen LogP contribution in [0, 0.1) is 17.2 Å². The minimum Gasteiger partial charge on any atom is -0.493 e. The fraction of sp³-hybridized carbons (Fsp3) is 0.345. The van der Waals surface area contributed by atoms with Gasteiger partial charge >= 0.3 is 5.97 Å². The highest BCUT2D eigenvalue weighted by Crippen LogP contribution is 2.37. The number of aromatic nitrogens is 1. The Morgan fingerprint density at radius 1 is 1.13 bits per heavy atom. The van der Waals surface area contributed by atoms with Crippen molar-refractivity contribution in [2.24, 2.45) is 17.6 Å². The van der Waals surface area contributed by atoms with Crippen molar-refractivity contribution in [1.82, 2.24) is 4.98 Å². The van der Waals surface area contributed by atoms with Gasteiger partial charge in [0.15, 0.2) is 11.5 Å². The van der Waals surface area contributed by atoms with Crippen molar-refractivity contribution < 1.29 is 23.8 Å². The maximum absolute atomic E-state index is 13.3. The molecule has 1 saturated carbocycles. The van der Waals surface area contributed by atoms with E-state index in [1.165, 1.54) is 12.0 Å². The molecule has 0 saturated heterocycles. The molecular weight excluding hydrogens is 520 g/mol. The quantitative estimate of drug-likeness (QED) is 0.159. The molecule has 0 bridgehead atoms. The number of anilines is 1. The van der Waals surface area contributed by atoms with Gasteiger partial charge in [-0.25, -0.2) is 0 Å². The number of esters is 1. The summed E-state index contributed by atoms with van der Waals surface area (Å²) < 4.78 is 17.2. The Hall–Kier alpha value is -3.82. The first-order valence-corrected chi connectivity index (χ1v) is 13.1. The van der Waals surface area contributed by atoms with E-state index in [0.717, 1.165) is 30.3 Å². The van der Waals surface area contributed by atoms with E-state index in [2.05, 4.69) is 4.98 Å². The molecule has 0 aliphatic heterocycles. The Morgan fingerprint density at radius 3 is 2.46 bits per heavy atom. The van der Waals surface area contributed by atoms with E-state index < -0.39 is 24.0 Å². The fourth-order valence-corrected chi connectivity index (χ4v) is 4.16. The first-order valence-electron chi connectivity index (χ1n) is 12.8. The molecule has 1 aliphatic rings. The van der Waals surface area contributed by atoms with Crippen LogP contribution in [-0.4, -0.2) is 49.1 Å². The summed E-state index contributed by atoms with van der Waals surface area (Å²) in [6, 6.07) is 13.3. The van der Waals surface area contributed by atoms with Crippen LogP contribution < -0.4 is 20.1 Å². The summed E-state index contributed by atoms with van der Waals surface area (Å²) in [4.78, 5) is 29.8. The van der Waals surface area contributed by atoms with Crippen LogP contribution in [0.4, 0.5) is 5.69 Å². The minimum absolute atomic E-state index is 0.0274. The number of halogens is 1. The number of carbonyl (C=O) groups excluding carboxylic acids is 2. The van der Waals surface area contributed by atoms with Crippen molar-refractivity contribution in [1.29, 1.82) is 5.41 Å². The lowest BCUT2D eigenvalue weighted by atomic mass is 10.1. The van der Waals surface area contributed by atoms with Gasteiger partial charge in [0.25, 0.3) is 5.91 Å². The first kappa shape index (κ1) is 28.2. The fourth-order valence-electron chi connectivity index (χ4n) is 4.04. The molecule has 1 aliphatic carbocycles. The summed E-state index contributed by atoms with van der Waals surface area (Å²) in [5.74, 6) is 0.168. The number of nitrogens with two attached hydrogens (primary N) is 1. The van der Waals surface area contributed by atoms with Gasteiger partial charge in [-0.1, -0.05) is 37.6 Å². The number of carbonyl (C=O) groups is 2. The molecule has 1 amide bonds. The average molecular weight is 553 g/mol. The number of benzene rings is 2. The summed E-state index contributed by atoms with van der Waals surface area (Å²) in [6.45, 7) is 3.90. The van der Waals surface area contributed by atoms with Gasteiger partial charge < -0.3 is 24.9 Å². The number of rotatable bonds is 12. The highest BCUT2D eigenvalue weighted by atomic mass is 35.5. The van der Waals surface area contributed by atoms with Gasteiger partial charge in [0.05, 0.1) is 19.1 Å². The van der Waals surface area contributed by atoms with E-state index in [0.29, 0.717) is 27.9 Å². The highest BCUT2D eigenvalue weighted by molar-refractivity contribution is 6.30. The number of aromatic amines is 1. The largest absolute Gasteiger partial charge is 0.493 e. The molecule has 206 valence electrons. The van der Waals surface area contributed by atoms with Gasteiger partial charge in [0, 0.05) is 17.3 Å². The molecule has 1 heterocycles. The zero-order valence-corrected chi connectivity index (χ0v) is 22.9. The third-order valence-electron chi connectivity index (χ3n) is 6.67. The zero-order valence-electron chi connectivity index (χ0n) is 22.1. The van der Waals surface area contributed by atoms with Gasteiger partial charge in [0.1, 0.15) is 24.4 Å². The van der Waals surface area contributed by atoms with E-state index in [9.17, 15) is 9.59 Å². The number of nitrogens with one attached hydrogen (secondary N) is 2. The second-order valence-electron chi connectivity index (χ2n) is 9.84. The molecule has 10 heteroatoms. The summed E-state index contributed by atoms with van der Waals surface area (Å²) >= 11 is 5.97. The monoisotopic (exact) mass is 552 g/mol. The number of hydrogen-bond donors (Lipinski definition) is 3. The lowest BCUT2D eigenvalue weighted by Crippen LogP contribution is -2.40. The molecule has 0 spiro atoms. The zero-order chi connectivity index (χ0) is 28.1. The highest BCUT2D eigenvalue weighted by Gasteiger charge is 2.36. The van der Waals surface area contributed by atoms with Crippen molar-refractivity contribution in [3.05, 3.63) is 65.4 Å². The molecule has 2 atom stereocenters. The van der Waals surface area contributed by atoms with Crippen molar-refractivity contribution >= 4 is 35.5 Å². The number of amides is 1. The molecular formula is C29H33ClN4O5. The minimum atomic E-state index is -0.688. The van der Waals surface area contributed by atoms with Crippen LogP contribution in [0.25, 0.3) is 11.1 Å². The Kier molecular flexibility index (Phi) is 8.93. The predicted molar refractivity (Wildman–Crippen MR) is 151 cm³/mol. The Labute approximate surface area is 232 Å². The van der Waals surface area contributed by atoms with Crippen molar-refractivity contribution in [2.75, 3.05) is 18.6 Å². The van der Waals surface area contributed by atoms with E-state index in [4.69, 9.17) is 37.0 Å². The standard InChI is InChI=1S/C29H33ClN4O5/c1-17(2)27(32)29(36)39-26(19-4-5-19)15-38-24-11-10-22(13-25(24)37-3)34(16-31)28(35)23-12-20(14-33-23)18-6-8-21(30)9-7-18/h6-14,16-17,19,26-27,31,33H,4-5,15,32H2,1-3H3/t26?,27-/m0/s1. The molecule has 1 aromatic heterocycles. The van der Waals surface area contributed by atoms with Gasteiger partial charge in [0.2, 0.25) is 0 Å². The summed E-state index contributed by atoms with van der Waals surface area (Å²) in [5, 5.41) is 8.52. The third kappa shape index (κ3) is 6.79. The van der Waals surface area contributed by atoms with Crippen LogP contribution in [0.3, 0.4) is 0 Å². The van der Waals surface area contributed by atoms with Crippen LogP contribution in [0.15, 0.2) is 54.7 Å². The second-order valence-corrected chi connectivity index (χ2v) is 10.3. The van der Waals surface area contributed by atoms with E-state index >= 15 is 0 Å². The normalized spacial score (nSPS) is 14.4. The maximum atomic E-state index is 13.3. The molecule has 0 radical (unpaired) electrons. The topological polar surface area (TPSA) is 131 Å².